The van der Waals surface area contributed by atoms with Crippen LogP contribution in [0.15, 0.2) is 40.4 Å². The number of halogens is 2. The molecule has 0 bridgehead atoms. The molecule has 0 unspecified atom stereocenters. The normalized spacial score (nSPS) is 10.6. The first-order valence-corrected chi connectivity index (χ1v) is 8.82. The molecule has 2 aromatic heterocycles. The van der Waals surface area contributed by atoms with Crippen molar-refractivity contribution in [3.63, 3.8) is 0 Å². The Morgan fingerprint density at radius 3 is 2.77 bits per heavy atom. The number of esters is 1. The Balaban J connectivity index is 1.65. The first-order valence-electron chi connectivity index (χ1n) is 6.24. The molecule has 0 fully saturated rings. The number of nitrogens with zero attached hydrogens (tertiary/aromatic N) is 1. The van der Waals surface area contributed by atoms with Crippen LogP contribution in [0.3, 0.4) is 0 Å². The Labute approximate surface area is 145 Å². The molecule has 3 nitrogen and oxygen atoms in total. The second kappa shape index (κ2) is 6.79. The van der Waals surface area contributed by atoms with E-state index in [0.717, 1.165) is 10.6 Å². The van der Waals surface area contributed by atoms with Gasteiger partial charge in [0.2, 0.25) is 0 Å². The summed E-state index contributed by atoms with van der Waals surface area (Å²) in [4.78, 5) is 16.4. The summed E-state index contributed by atoms with van der Waals surface area (Å²) in [6.45, 7) is 0. The molecule has 0 aliphatic heterocycles. The van der Waals surface area contributed by atoms with Crippen molar-refractivity contribution in [2.75, 3.05) is 0 Å². The first kappa shape index (κ1) is 15.5. The Morgan fingerprint density at radius 2 is 2.05 bits per heavy atom. The highest BCUT2D eigenvalue weighted by atomic mass is 35.5. The van der Waals surface area contributed by atoms with Crippen LogP contribution in [0, 0.1) is 0 Å². The van der Waals surface area contributed by atoms with E-state index in [-0.39, 0.29) is 12.4 Å². The van der Waals surface area contributed by atoms with Crippen molar-refractivity contribution in [3.05, 3.63) is 56.1 Å². The summed E-state index contributed by atoms with van der Waals surface area (Å²) in [6, 6.07) is 6.70. The quantitative estimate of drug-likeness (QED) is 0.461. The van der Waals surface area contributed by atoms with Gasteiger partial charge in [0, 0.05) is 22.4 Å². The molecule has 0 N–H and O–H groups in total. The largest absolute Gasteiger partial charge is 0.426 e. The minimum absolute atomic E-state index is 0.112. The highest BCUT2D eigenvalue weighted by Gasteiger charge is 2.12. The number of aromatic nitrogens is 1. The topological polar surface area (TPSA) is 39.2 Å². The van der Waals surface area contributed by atoms with Gasteiger partial charge in [0.25, 0.3) is 0 Å². The van der Waals surface area contributed by atoms with Gasteiger partial charge < -0.3 is 4.74 Å². The van der Waals surface area contributed by atoms with Crippen LogP contribution < -0.4 is 4.74 Å². The van der Waals surface area contributed by atoms with Crippen LogP contribution >= 0.6 is 45.9 Å². The van der Waals surface area contributed by atoms with E-state index in [2.05, 4.69) is 4.98 Å². The number of rotatable bonds is 4. The summed E-state index contributed by atoms with van der Waals surface area (Å²) in [5, 5.41) is 7.55. The fourth-order valence-electron chi connectivity index (χ4n) is 1.76. The Hall–Kier alpha value is -1.40. The van der Waals surface area contributed by atoms with Gasteiger partial charge in [-0.05, 0) is 23.6 Å². The average Bonchev–Trinajstić information content (AvgIpc) is 3.13. The average molecular weight is 370 g/mol. The minimum Gasteiger partial charge on any atom is -0.426 e. The third kappa shape index (κ3) is 3.67. The molecule has 0 saturated carbocycles. The molecule has 0 atom stereocenters. The summed E-state index contributed by atoms with van der Waals surface area (Å²) in [7, 11) is 0. The molecule has 112 valence electrons. The number of hydrogen-bond donors (Lipinski definition) is 0. The van der Waals surface area contributed by atoms with Gasteiger partial charge in [0.05, 0.1) is 22.2 Å². The van der Waals surface area contributed by atoms with Crippen LogP contribution in [0.25, 0.3) is 10.6 Å². The molecule has 0 saturated heterocycles. The molecule has 22 heavy (non-hydrogen) atoms. The van der Waals surface area contributed by atoms with E-state index in [1.807, 2.05) is 22.2 Å². The SMILES string of the molecule is O=C(Cc1csc(-c2ccsc2)n1)Oc1ccc(Cl)c(Cl)c1. The van der Waals surface area contributed by atoms with Gasteiger partial charge in [-0.15, -0.1) is 11.3 Å². The Bertz CT molecular complexity index is 800. The number of benzene rings is 1. The molecule has 1 aromatic carbocycles. The molecule has 0 amide bonds. The summed E-state index contributed by atoms with van der Waals surface area (Å²) in [6.07, 6.45) is 0.112. The van der Waals surface area contributed by atoms with E-state index in [1.54, 1.807) is 23.5 Å². The van der Waals surface area contributed by atoms with Gasteiger partial charge in [-0.3, -0.25) is 4.79 Å². The first-order chi connectivity index (χ1) is 10.6. The maximum absolute atomic E-state index is 11.9. The van der Waals surface area contributed by atoms with Crippen LogP contribution in [-0.4, -0.2) is 11.0 Å². The summed E-state index contributed by atoms with van der Waals surface area (Å²) < 4.78 is 5.24. The van der Waals surface area contributed by atoms with Crippen LogP contribution in [0.5, 0.6) is 5.75 Å². The van der Waals surface area contributed by atoms with Crippen molar-refractivity contribution in [2.45, 2.75) is 6.42 Å². The summed E-state index contributed by atoms with van der Waals surface area (Å²) >= 11 is 14.8. The van der Waals surface area contributed by atoms with E-state index in [1.165, 1.54) is 17.4 Å². The second-order valence-corrected chi connectivity index (χ2v) is 6.84. The number of thiophene rings is 1. The van der Waals surface area contributed by atoms with Gasteiger partial charge in [-0.25, -0.2) is 4.98 Å². The predicted octanol–water partition coefficient (Wildman–Crippen LogP) is 5.33. The molecule has 7 heteroatoms. The van der Waals surface area contributed by atoms with Crippen molar-refractivity contribution in [3.8, 4) is 16.3 Å². The lowest BCUT2D eigenvalue weighted by atomic mass is 10.3. The van der Waals surface area contributed by atoms with Crippen molar-refractivity contribution in [1.29, 1.82) is 0 Å². The highest BCUT2D eigenvalue weighted by Crippen LogP contribution is 2.27. The summed E-state index contributed by atoms with van der Waals surface area (Å²) in [5.74, 6) is -0.0201. The molecule has 0 spiro atoms. The summed E-state index contributed by atoms with van der Waals surface area (Å²) in [5.41, 5.74) is 1.76. The minimum atomic E-state index is -0.388. The molecule has 0 radical (unpaired) electrons. The van der Waals surface area contributed by atoms with E-state index in [0.29, 0.717) is 21.5 Å². The standard InChI is InChI=1S/C15H9Cl2NO2S2/c16-12-2-1-11(6-13(12)17)20-14(19)5-10-8-22-15(18-10)9-3-4-21-7-9/h1-4,6-8H,5H2. The Kier molecular flexibility index (Phi) is 4.78. The zero-order chi connectivity index (χ0) is 15.5. The molecule has 0 aliphatic rings. The monoisotopic (exact) mass is 369 g/mol. The van der Waals surface area contributed by atoms with E-state index >= 15 is 0 Å². The van der Waals surface area contributed by atoms with Crippen molar-refractivity contribution in [2.24, 2.45) is 0 Å². The van der Waals surface area contributed by atoms with Gasteiger partial charge >= 0.3 is 5.97 Å². The van der Waals surface area contributed by atoms with Crippen LogP contribution in [0.4, 0.5) is 0 Å². The maximum Gasteiger partial charge on any atom is 0.317 e. The van der Waals surface area contributed by atoms with Crippen molar-refractivity contribution < 1.29 is 9.53 Å². The lowest BCUT2D eigenvalue weighted by Gasteiger charge is -2.04. The van der Waals surface area contributed by atoms with Crippen LogP contribution in [0.1, 0.15) is 5.69 Å². The fourth-order valence-corrected chi connectivity index (χ4v) is 3.58. The van der Waals surface area contributed by atoms with Crippen LogP contribution in [-0.2, 0) is 11.2 Å². The second-order valence-electron chi connectivity index (χ2n) is 4.38. The molecule has 2 heterocycles. The predicted molar refractivity (Wildman–Crippen MR) is 91.2 cm³/mol. The van der Waals surface area contributed by atoms with E-state index < -0.39 is 0 Å². The van der Waals surface area contributed by atoms with Gasteiger partial charge in [-0.1, -0.05) is 23.2 Å². The van der Waals surface area contributed by atoms with Crippen molar-refractivity contribution >= 4 is 51.8 Å². The number of hydrogen-bond acceptors (Lipinski definition) is 5. The maximum atomic E-state index is 11.9. The lowest BCUT2D eigenvalue weighted by Crippen LogP contribution is -2.11. The molecule has 3 aromatic rings. The highest BCUT2D eigenvalue weighted by molar-refractivity contribution is 7.14. The molecular weight excluding hydrogens is 361 g/mol. The van der Waals surface area contributed by atoms with E-state index in [9.17, 15) is 4.79 Å². The third-order valence-corrected chi connectivity index (χ3v) is 5.13. The lowest BCUT2D eigenvalue weighted by molar-refractivity contribution is -0.133. The smallest absolute Gasteiger partial charge is 0.317 e. The Morgan fingerprint density at radius 1 is 1.18 bits per heavy atom. The fraction of sp³-hybridized carbons (Fsp3) is 0.0667. The van der Waals surface area contributed by atoms with Crippen molar-refractivity contribution in [1.82, 2.24) is 4.98 Å². The number of carbonyl (C=O) groups excluding carboxylic acids is 1. The number of ether oxygens (including phenoxy) is 1. The number of carbonyl (C=O) groups is 1. The zero-order valence-corrected chi connectivity index (χ0v) is 14.2. The molecule has 3 rings (SSSR count). The zero-order valence-electron chi connectivity index (χ0n) is 11.1. The third-order valence-electron chi connectivity index (χ3n) is 2.77. The van der Waals surface area contributed by atoms with Crippen LogP contribution in [0.2, 0.25) is 10.0 Å². The van der Waals surface area contributed by atoms with E-state index in [4.69, 9.17) is 27.9 Å². The molecule has 0 aliphatic carbocycles. The molecular formula is C15H9Cl2NO2S2. The van der Waals surface area contributed by atoms with Gasteiger partial charge in [0.1, 0.15) is 10.8 Å². The van der Waals surface area contributed by atoms with Gasteiger partial charge in [-0.2, -0.15) is 11.3 Å². The van der Waals surface area contributed by atoms with Gasteiger partial charge in [0.15, 0.2) is 0 Å². The number of thiazole rings is 1.